The standard InChI is InChI=1S/C14H12O2.C3H6/c15-11-16-14(12-7-3-1-4-8-12)13-9-5-2-6-10-13;1-2-3-1/h1-11,14H;1-3H2. The Morgan fingerprint density at radius 2 is 1.21 bits per heavy atom. The molecule has 0 unspecified atom stereocenters. The molecule has 0 atom stereocenters. The van der Waals surface area contributed by atoms with Crippen LogP contribution in [0.4, 0.5) is 0 Å². The third-order valence-corrected chi connectivity index (χ3v) is 2.75. The second kappa shape index (κ2) is 7.37. The quantitative estimate of drug-likeness (QED) is 0.767. The number of benzene rings is 2. The van der Waals surface area contributed by atoms with Crippen LogP contribution in [0, 0.1) is 0 Å². The summed E-state index contributed by atoms with van der Waals surface area (Å²) in [5.74, 6) is 0. The van der Waals surface area contributed by atoms with E-state index < -0.39 is 0 Å². The fourth-order valence-electron chi connectivity index (χ4n) is 1.66. The first kappa shape index (κ1) is 13.3. The molecule has 3 rings (SSSR count). The summed E-state index contributed by atoms with van der Waals surface area (Å²) in [5.41, 5.74) is 1.95. The predicted molar refractivity (Wildman–Crippen MR) is 75.7 cm³/mol. The maximum atomic E-state index is 10.5. The molecule has 2 heteroatoms. The molecule has 1 aliphatic rings. The fraction of sp³-hybridized carbons (Fsp3) is 0.235. The highest BCUT2D eigenvalue weighted by Gasteiger charge is 2.13. The van der Waals surface area contributed by atoms with Crippen molar-refractivity contribution in [2.45, 2.75) is 25.4 Å². The van der Waals surface area contributed by atoms with Gasteiger partial charge >= 0.3 is 0 Å². The number of carbonyl (C=O) groups is 1. The zero-order valence-electron chi connectivity index (χ0n) is 10.9. The molecule has 1 aliphatic carbocycles. The first-order valence-electron chi connectivity index (χ1n) is 6.61. The first-order valence-corrected chi connectivity index (χ1v) is 6.61. The lowest BCUT2D eigenvalue weighted by Crippen LogP contribution is -2.04. The molecule has 0 spiro atoms. The molecule has 98 valence electrons. The molecule has 1 fully saturated rings. The molecule has 0 aromatic heterocycles. The Balaban J connectivity index is 0.000000390. The van der Waals surface area contributed by atoms with Gasteiger partial charge in [0.05, 0.1) is 0 Å². The SMILES string of the molecule is C1CC1.O=COC(c1ccccc1)c1ccccc1. The molecular formula is C17H18O2. The van der Waals surface area contributed by atoms with Gasteiger partial charge in [-0.05, 0) is 11.1 Å². The van der Waals surface area contributed by atoms with E-state index in [0.29, 0.717) is 6.47 Å². The largest absolute Gasteiger partial charge is 0.455 e. The summed E-state index contributed by atoms with van der Waals surface area (Å²) in [6.07, 6.45) is 4.18. The third-order valence-electron chi connectivity index (χ3n) is 2.75. The minimum atomic E-state index is -0.320. The number of hydrogen-bond acceptors (Lipinski definition) is 2. The highest BCUT2D eigenvalue weighted by molar-refractivity contribution is 5.41. The van der Waals surface area contributed by atoms with Gasteiger partial charge in [0, 0.05) is 0 Å². The van der Waals surface area contributed by atoms with Crippen LogP contribution in [0.15, 0.2) is 60.7 Å². The number of rotatable bonds is 4. The van der Waals surface area contributed by atoms with Crippen LogP contribution < -0.4 is 0 Å². The Kier molecular flexibility index (Phi) is 5.17. The van der Waals surface area contributed by atoms with Crippen molar-refractivity contribution >= 4 is 6.47 Å². The predicted octanol–water partition coefficient (Wildman–Crippen LogP) is 4.12. The summed E-state index contributed by atoms with van der Waals surface area (Å²) >= 11 is 0. The molecule has 0 N–H and O–H groups in total. The molecular weight excluding hydrogens is 236 g/mol. The van der Waals surface area contributed by atoms with Crippen molar-refractivity contribution in [3.8, 4) is 0 Å². The number of hydrogen-bond donors (Lipinski definition) is 0. The maximum Gasteiger partial charge on any atom is 0.294 e. The molecule has 2 aromatic rings. The summed E-state index contributed by atoms with van der Waals surface area (Å²) in [5, 5.41) is 0. The molecule has 19 heavy (non-hydrogen) atoms. The second-order valence-corrected chi connectivity index (χ2v) is 4.49. The summed E-state index contributed by atoms with van der Waals surface area (Å²) in [4.78, 5) is 10.5. The molecule has 0 heterocycles. The average molecular weight is 254 g/mol. The van der Waals surface area contributed by atoms with Crippen LogP contribution in [0.1, 0.15) is 36.5 Å². The van der Waals surface area contributed by atoms with E-state index in [2.05, 4.69) is 0 Å². The molecule has 0 amide bonds. The van der Waals surface area contributed by atoms with Gasteiger partial charge in [-0.15, -0.1) is 0 Å². The Labute approximate surface area is 114 Å². The van der Waals surface area contributed by atoms with Crippen molar-refractivity contribution in [1.29, 1.82) is 0 Å². The highest BCUT2D eigenvalue weighted by Crippen LogP contribution is 2.24. The van der Waals surface area contributed by atoms with E-state index in [4.69, 9.17) is 4.74 Å². The van der Waals surface area contributed by atoms with Gasteiger partial charge in [-0.3, -0.25) is 4.79 Å². The van der Waals surface area contributed by atoms with Gasteiger partial charge in [0.2, 0.25) is 0 Å². The topological polar surface area (TPSA) is 26.3 Å². The van der Waals surface area contributed by atoms with Crippen LogP contribution in [-0.4, -0.2) is 6.47 Å². The lowest BCUT2D eigenvalue weighted by atomic mass is 10.0. The summed E-state index contributed by atoms with van der Waals surface area (Å²) in [6, 6.07) is 19.4. The van der Waals surface area contributed by atoms with Gasteiger partial charge in [-0.2, -0.15) is 0 Å². The monoisotopic (exact) mass is 254 g/mol. The molecule has 2 aromatic carbocycles. The van der Waals surface area contributed by atoms with Gasteiger partial charge in [-0.25, -0.2) is 0 Å². The van der Waals surface area contributed by atoms with Crippen molar-refractivity contribution < 1.29 is 9.53 Å². The van der Waals surface area contributed by atoms with Crippen LogP contribution in [0.25, 0.3) is 0 Å². The van der Waals surface area contributed by atoms with Crippen molar-refractivity contribution in [2.75, 3.05) is 0 Å². The lowest BCUT2D eigenvalue weighted by Gasteiger charge is -2.15. The summed E-state index contributed by atoms with van der Waals surface area (Å²) < 4.78 is 5.13. The molecule has 1 saturated carbocycles. The van der Waals surface area contributed by atoms with E-state index in [1.54, 1.807) is 0 Å². The molecule has 0 saturated heterocycles. The maximum absolute atomic E-state index is 10.5. The van der Waals surface area contributed by atoms with E-state index >= 15 is 0 Å². The van der Waals surface area contributed by atoms with Crippen molar-refractivity contribution in [3.63, 3.8) is 0 Å². The van der Waals surface area contributed by atoms with Crippen LogP contribution >= 0.6 is 0 Å². The smallest absolute Gasteiger partial charge is 0.294 e. The van der Waals surface area contributed by atoms with E-state index in [1.165, 1.54) is 19.3 Å². The van der Waals surface area contributed by atoms with Crippen LogP contribution in [-0.2, 0) is 9.53 Å². The molecule has 0 radical (unpaired) electrons. The summed E-state index contributed by atoms with van der Waals surface area (Å²) in [6.45, 7) is 0.491. The summed E-state index contributed by atoms with van der Waals surface area (Å²) in [7, 11) is 0. The second-order valence-electron chi connectivity index (χ2n) is 4.49. The molecule has 0 bridgehead atoms. The average Bonchev–Trinajstić information content (AvgIpc) is 3.35. The normalized spacial score (nSPS) is 12.3. The van der Waals surface area contributed by atoms with Crippen LogP contribution in [0.5, 0.6) is 0 Å². The van der Waals surface area contributed by atoms with E-state index in [-0.39, 0.29) is 6.10 Å². The van der Waals surface area contributed by atoms with Crippen molar-refractivity contribution in [3.05, 3.63) is 71.8 Å². The minimum Gasteiger partial charge on any atom is -0.455 e. The van der Waals surface area contributed by atoms with Crippen LogP contribution in [0.2, 0.25) is 0 Å². The van der Waals surface area contributed by atoms with E-state index in [9.17, 15) is 4.79 Å². The van der Waals surface area contributed by atoms with Crippen molar-refractivity contribution in [1.82, 2.24) is 0 Å². The Morgan fingerprint density at radius 1 is 0.789 bits per heavy atom. The van der Waals surface area contributed by atoms with Gasteiger partial charge < -0.3 is 4.74 Å². The molecule has 0 aliphatic heterocycles. The Morgan fingerprint density at radius 3 is 1.53 bits per heavy atom. The minimum absolute atomic E-state index is 0.320. The number of carbonyl (C=O) groups excluding carboxylic acids is 1. The highest BCUT2D eigenvalue weighted by atomic mass is 16.5. The van der Waals surface area contributed by atoms with E-state index in [0.717, 1.165) is 11.1 Å². The molecule has 2 nitrogen and oxygen atoms in total. The van der Waals surface area contributed by atoms with Crippen LogP contribution in [0.3, 0.4) is 0 Å². The zero-order chi connectivity index (χ0) is 13.3. The van der Waals surface area contributed by atoms with Crippen molar-refractivity contribution in [2.24, 2.45) is 0 Å². The Bertz CT molecular complexity index is 435. The van der Waals surface area contributed by atoms with Gasteiger partial charge in [0.1, 0.15) is 0 Å². The van der Waals surface area contributed by atoms with Gasteiger partial charge in [-0.1, -0.05) is 79.9 Å². The fourth-order valence-corrected chi connectivity index (χ4v) is 1.66. The van der Waals surface area contributed by atoms with Gasteiger partial charge in [0.15, 0.2) is 6.10 Å². The first-order chi connectivity index (χ1) is 9.42. The third kappa shape index (κ3) is 4.59. The lowest BCUT2D eigenvalue weighted by molar-refractivity contribution is -0.132. The number of ether oxygens (including phenoxy) is 1. The van der Waals surface area contributed by atoms with Gasteiger partial charge in [0.25, 0.3) is 6.47 Å². The Hall–Kier alpha value is -2.09. The van der Waals surface area contributed by atoms with E-state index in [1.807, 2.05) is 60.7 Å². The zero-order valence-corrected chi connectivity index (χ0v) is 10.9.